The normalized spacial score (nSPS) is 18.5. The van der Waals surface area contributed by atoms with Gasteiger partial charge in [-0.15, -0.1) is 11.8 Å². The van der Waals surface area contributed by atoms with Crippen LogP contribution < -0.4 is 0 Å². The Morgan fingerprint density at radius 2 is 1.81 bits per heavy atom. The van der Waals surface area contributed by atoms with Gasteiger partial charge < -0.3 is 4.74 Å². The molecule has 0 bridgehead atoms. The van der Waals surface area contributed by atoms with Gasteiger partial charge in [0.05, 0.1) is 12.6 Å². The van der Waals surface area contributed by atoms with Crippen molar-refractivity contribution in [3.8, 4) is 0 Å². The SMILES string of the molecule is COC[C@@H]1CCCN1/N=C/[C@H](Cc1ccccc1)SCc1ccccc1. The van der Waals surface area contributed by atoms with Crippen LogP contribution in [0, 0.1) is 0 Å². The third-order valence-corrected chi connectivity index (χ3v) is 5.89. The summed E-state index contributed by atoms with van der Waals surface area (Å²) in [5.74, 6) is 1.01. The summed E-state index contributed by atoms with van der Waals surface area (Å²) < 4.78 is 5.34. The van der Waals surface area contributed by atoms with Gasteiger partial charge in [0.15, 0.2) is 0 Å². The Labute approximate surface area is 161 Å². The first-order valence-corrected chi connectivity index (χ1v) is 10.4. The smallest absolute Gasteiger partial charge is 0.0704 e. The van der Waals surface area contributed by atoms with Gasteiger partial charge in [-0.2, -0.15) is 5.10 Å². The number of hydrogen-bond donors (Lipinski definition) is 0. The van der Waals surface area contributed by atoms with Gasteiger partial charge in [0.25, 0.3) is 0 Å². The average Bonchev–Trinajstić information content (AvgIpc) is 3.13. The molecular formula is C22H28N2OS. The molecule has 4 heteroatoms. The molecule has 0 radical (unpaired) electrons. The first kappa shape index (κ1) is 19.0. The minimum Gasteiger partial charge on any atom is -0.382 e. The van der Waals surface area contributed by atoms with Crippen molar-refractivity contribution >= 4 is 18.0 Å². The van der Waals surface area contributed by atoms with Crippen molar-refractivity contribution in [2.75, 3.05) is 20.3 Å². The summed E-state index contributed by atoms with van der Waals surface area (Å²) in [6, 6.07) is 21.8. The van der Waals surface area contributed by atoms with E-state index in [2.05, 4.69) is 71.9 Å². The van der Waals surface area contributed by atoms with E-state index in [-0.39, 0.29) is 0 Å². The van der Waals surface area contributed by atoms with Crippen molar-refractivity contribution in [2.24, 2.45) is 5.10 Å². The quantitative estimate of drug-likeness (QED) is 0.603. The zero-order valence-corrected chi connectivity index (χ0v) is 16.3. The predicted octanol–water partition coefficient (Wildman–Crippen LogP) is 4.63. The molecule has 3 rings (SSSR count). The van der Waals surface area contributed by atoms with E-state index in [0.29, 0.717) is 11.3 Å². The van der Waals surface area contributed by atoms with Gasteiger partial charge in [-0.3, -0.25) is 5.01 Å². The van der Waals surface area contributed by atoms with Crippen molar-refractivity contribution in [2.45, 2.75) is 36.3 Å². The molecule has 1 aliphatic rings. The maximum atomic E-state index is 5.34. The molecule has 0 spiro atoms. The van der Waals surface area contributed by atoms with E-state index in [1.54, 1.807) is 7.11 Å². The van der Waals surface area contributed by atoms with E-state index in [4.69, 9.17) is 9.84 Å². The number of ether oxygens (including phenoxy) is 1. The molecule has 138 valence electrons. The van der Waals surface area contributed by atoms with Crippen LogP contribution in [-0.4, -0.2) is 42.8 Å². The van der Waals surface area contributed by atoms with E-state index in [9.17, 15) is 0 Å². The molecule has 2 atom stereocenters. The number of nitrogens with zero attached hydrogens (tertiary/aromatic N) is 2. The molecule has 0 aliphatic carbocycles. The Morgan fingerprint density at radius 3 is 2.50 bits per heavy atom. The molecule has 0 saturated carbocycles. The van der Waals surface area contributed by atoms with Gasteiger partial charge >= 0.3 is 0 Å². The molecule has 0 unspecified atom stereocenters. The largest absolute Gasteiger partial charge is 0.382 e. The molecular weight excluding hydrogens is 340 g/mol. The van der Waals surface area contributed by atoms with Crippen LogP contribution in [0.2, 0.25) is 0 Å². The fraction of sp³-hybridized carbons (Fsp3) is 0.409. The summed E-state index contributed by atoms with van der Waals surface area (Å²) in [5.41, 5.74) is 2.72. The van der Waals surface area contributed by atoms with Crippen molar-refractivity contribution in [1.82, 2.24) is 5.01 Å². The lowest BCUT2D eigenvalue weighted by Gasteiger charge is -2.21. The molecule has 1 fully saturated rings. The van der Waals surface area contributed by atoms with Crippen molar-refractivity contribution in [3.63, 3.8) is 0 Å². The monoisotopic (exact) mass is 368 g/mol. The second-order valence-electron chi connectivity index (χ2n) is 6.70. The molecule has 2 aromatic carbocycles. The van der Waals surface area contributed by atoms with Gasteiger partial charge in [-0.25, -0.2) is 0 Å². The molecule has 1 saturated heterocycles. The van der Waals surface area contributed by atoms with Crippen LogP contribution in [-0.2, 0) is 16.9 Å². The van der Waals surface area contributed by atoms with Gasteiger partial charge in [0.1, 0.15) is 0 Å². The minimum absolute atomic E-state index is 0.362. The zero-order chi connectivity index (χ0) is 18.0. The first-order chi connectivity index (χ1) is 12.8. The van der Waals surface area contributed by atoms with Crippen LogP contribution in [0.25, 0.3) is 0 Å². The highest BCUT2D eigenvalue weighted by Gasteiger charge is 2.23. The second-order valence-corrected chi connectivity index (χ2v) is 7.93. The Hall–Kier alpha value is -1.78. The summed E-state index contributed by atoms with van der Waals surface area (Å²) in [4.78, 5) is 0. The van der Waals surface area contributed by atoms with Crippen molar-refractivity contribution in [3.05, 3.63) is 71.8 Å². The molecule has 26 heavy (non-hydrogen) atoms. The number of rotatable bonds is 9. The van der Waals surface area contributed by atoms with Crippen molar-refractivity contribution in [1.29, 1.82) is 0 Å². The Kier molecular flexibility index (Phi) is 7.59. The maximum Gasteiger partial charge on any atom is 0.0704 e. The lowest BCUT2D eigenvalue weighted by molar-refractivity contribution is 0.118. The fourth-order valence-electron chi connectivity index (χ4n) is 3.27. The Morgan fingerprint density at radius 1 is 1.12 bits per heavy atom. The second kappa shape index (κ2) is 10.4. The highest BCUT2D eigenvalue weighted by Crippen LogP contribution is 2.22. The highest BCUT2D eigenvalue weighted by molar-refractivity contribution is 7.99. The van der Waals surface area contributed by atoms with Crippen LogP contribution in [0.4, 0.5) is 0 Å². The number of hydrogen-bond acceptors (Lipinski definition) is 4. The number of benzene rings is 2. The third kappa shape index (κ3) is 5.89. The van der Waals surface area contributed by atoms with Gasteiger partial charge in [0.2, 0.25) is 0 Å². The van der Waals surface area contributed by atoms with Crippen molar-refractivity contribution < 1.29 is 4.74 Å². The maximum absolute atomic E-state index is 5.34. The Balaban J connectivity index is 1.64. The molecule has 1 heterocycles. The topological polar surface area (TPSA) is 24.8 Å². The average molecular weight is 369 g/mol. The van der Waals surface area contributed by atoms with E-state index >= 15 is 0 Å². The van der Waals surface area contributed by atoms with E-state index in [1.165, 1.54) is 24.0 Å². The van der Waals surface area contributed by atoms with Crippen LogP contribution in [0.5, 0.6) is 0 Å². The van der Waals surface area contributed by atoms with E-state index < -0.39 is 0 Å². The van der Waals surface area contributed by atoms with E-state index in [1.807, 2.05) is 11.8 Å². The summed E-state index contributed by atoms with van der Waals surface area (Å²) in [6.07, 6.45) is 5.52. The summed E-state index contributed by atoms with van der Waals surface area (Å²) in [5, 5.41) is 7.41. The molecule has 0 aromatic heterocycles. The zero-order valence-electron chi connectivity index (χ0n) is 15.5. The number of thioether (sulfide) groups is 1. The predicted molar refractivity (Wildman–Crippen MR) is 112 cm³/mol. The number of hydrazone groups is 1. The van der Waals surface area contributed by atoms with Crippen LogP contribution in [0.1, 0.15) is 24.0 Å². The van der Waals surface area contributed by atoms with E-state index in [0.717, 1.165) is 25.3 Å². The summed E-state index contributed by atoms with van der Waals surface area (Å²) in [6.45, 7) is 1.80. The van der Waals surface area contributed by atoms with Crippen LogP contribution in [0.15, 0.2) is 65.8 Å². The summed E-state index contributed by atoms with van der Waals surface area (Å²) >= 11 is 1.96. The standard InChI is InChI=1S/C22H28N2OS/c1-25-17-21-13-8-14-24(21)23-16-22(15-19-9-4-2-5-10-19)26-18-20-11-6-3-7-12-20/h2-7,9-12,16,21-22H,8,13-15,17-18H2,1H3/b23-16+/t21-,22-/m0/s1. The van der Waals surface area contributed by atoms with Crippen LogP contribution >= 0.6 is 11.8 Å². The Bertz CT molecular complexity index is 662. The third-order valence-electron chi connectivity index (χ3n) is 4.67. The first-order valence-electron chi connectivity index (χ1n) is 9.34. The highest BCUT2D eigenvalue weighted by atomic mass is 32.2. The molecule has 1 aliphatic heterocycles. The lowest BCUT2D eigenvalue weighted by atomic mass is 10.1. The molecule has 3 nitrogen and oxygen atoms in total. The molecule has 2 aromatic rings. The fourth-order valence-corrected chi connectivity index (χ4v) is 4.32. The van der Waals surface area contributed by atoms with Gasteiger partial charge in [0, 0.05) is 30.9 Å². The number of methoxy groups -OCH3 is 1. The van der Waals surface area contributed by atoms with Gasteiger partial charge in [-0.1, -0.05) is 60.7 Å². The van der Waals surface area contributed by atoms with Crippen LogP contribution in [0.3, 0.4) is 0 Å². The summed E-state index contributed by atoms with van der Waals surface area (Å²) in [7, 11) is 1.77. The van der Waals surface area contributed by atoms with Gasteiger partial charge in [-0.05, 0) is 30.4 Å². The lowest BCUT2D eigenvalue weighted by Crippen LogP contribution is -2.29. The molecule has 0 amide bonds. The minimum atomic E-state index is 0.362. The molecule has 0 N–H and O–H groups in total.